The SMILES string of the molecule is CC(O)CCOC=O. The minimum atomic E-state index is -0.380. The van der Waals surface area contributed by atoms with Crippen LogP contribution in [-0.4, -0.2) is 24.3 Å². The molecule has 0 amide bonds. The summed E-state index contributed by atoms with van der Waals surface area (Å²) in [5.41, 5.74) is 0. The highest BCUT2D eigenvalue weighted by Gasteiger charge is 1.92. The van der Waals surface area contributed by atoms with E-state index >= 15 is 0 Å². The molecular weight excluding hydrogens is 108 g/mol. The van der Waals surface area contributed by atoms with Gasteiger partial charge in [-0.25, -0.2) is 0 Å². The summed E-state index contributed by atoms with van der Waals surface area (Å²) in [6, 6.07) is 0. The molecule has 0 spiro atoms. The van der Waals surface area contributed by atoms with Gasteiger partial charge < -0.3 is 9.84 Å². The molecular formula is C5H10O3. The minimum Gasteiger partial charge on any atom is -0.468 e. The summed E-state index contributed by atoms with van der Waals surface area (Å²) in [5, 5.41) is 8.58. The van der Waals surface area contributed by atoms with Gasteiger partial charge in [0.15, 0.2) is 0 Å². The van der Waals surface area contributed by atoms with E-state index in [0.29, 0.717) is 19.5 Å². The van der Waals surface area contributed by atoms with Crippen LogP contribution in [0.5, 0.6) is 0 Å². The zero-order valence-corrected chi connectivity index (χ0v) is 4.83. The van der Waals surface area contributed by atoms with Crippen molar-refractivity contribution in [3.63, 3.8) is 0 Å². The molecule has 0 rings (SSSR count). The van der Waals surface area contributed by atoms with Crippen LogP contribution in [0.4, 0.5) is 0 Å². The summed E-state index contributed by atoms with van der Waals surface area (Å²) in [6.45, 7) is 2.33. The van der Waals surface area contributed by atoms with Gasteiger partial charge in [-0.15, -0.1) is 0 Å². The van der Waals surface area contributed by atoms with Crippen molar-refractivity contribution in [3.8, 4) is 0 Å². The first kappa shape index (κ1) is 7.43. The van der Waals surface area contributed by atoms with Crippen LogP contribution in [0, 0.1) is 0 Å². The van der Waals surface area contributed by atoms with E-state index in [0.717, 1.165) is 0 Å². The largest absolute Gasteiger partial charge is 0.468 e. The Hall–Kier alpha value is -0.570. The van der Waals surface area contributed by atoms with E-state index in [9.17, 15) is 4.79 Å². The highest BCUT2D eigenvalue weighted by Crippen LogP contribution is 1.87. The third kappa shape index (κ3) is 5.43. The maximum absolute atomic E-state index is 9.48. The molecule has 0 saturated heterocycles. The Balaban J connectivity index is 2.81. The van der Waals surface area contributed by atoms with Gasteiger partial charge in [-0.3, -0.25) is 4.79 Å². The second-order valence-electron chi connectivity index (χ2n) is 1.60. The van der Waals surface area contributed by atoms with Gasteiger partial charge in [0, 0.05) is 6.42 Å². The molecule has 3 heteroatoms. The number of carbonyl (C=O) groups is 1. The lowest BCUT2D eigenvalue weighted by atomic mass is 10.3. The molecule has 0 radical (unpaired) electrons. The Kier molecular flexibility index (Phi) is 4.26. The molecule has 3 nitrogen and oxygen atoms in total. The smallest absolute Gasteiger partial charge is 0.293 e. The lowest BCUT2D eigenvalue weighted by molar-refractivity contribution is -0.129. The number of hydrogen-bond donors (Lipinski definition) is 1. The number of aliphatic hydroxyl groups is 1. The lowest BCUT2D eigenvalue weighted by Crippen LogP contribution is -2.04. The molecule has 0 aliphatic carbocycles. The average molecular weight is 118 g/mol. The van der Waals surface area contributed by atoms with E-state index in [-0.39, 0.29) is 6.10 Å². The van der Waals surface area contributed by atoms with Crippen molar-refractivity contribution >= 4 is 6.47 Å². The predicted molar refractivity (Wildman–Crippen MR) is 28.3 cm³/mol. The molecule has 0 saturated carbocycles. The Bertz CT molecular complexity index is 60.7. The van der Waals surface area contributed by atoms with Crippen molar-refractivity contribution in [1.82, 2.24) is 0 Å². The summed E-state index contributed by atoms with van der Waals surface area (Å²) < 4.78 is 4.30. The van der Waals surface area contributed by atoms with Crippen LogP contribution in [0.1, 0.15) is 13.3 Å². The molecule has 1 atom stereocenters. The van der Waals surface area contributed by atoms with Crippen molar-refractivity contribution in [2.45, 2.75) is 19.4 Å². The van der Waals surface area contributed by atoms with Gasteiger partial charge in [0.1, 0.15) is 0 Å². The molecule has 1 unspecified atom stereocenters. The molecule has 0 aliphatic heterocycles. The van der Waals surface area contributed by atoms with Gasteiger partial charge in [-0.05, 0) is 6.92 Å². The van der Waals surface area contributed by atoms with Crippen LogP contribution in [0.3, 0.4) is 0 Å². The van der Waals surface area contributed by atoms with Gasteiger partial charge >= 0.3 is 0 Å². The quantitative estimate of drug-likeness (QED) is 0.415. The summed E-state index contributed by atoms with van der Waals surface area (Å²) in [5.74, 6) is 0. The number of ether oxygens (including phenoxy) is 1. The number of rotatable bonds is 4. The Morgan fingerprint density at radius 1 is 1.88 bits per heavy atom. The Labute approximate surface area is 48.3 Å². The van der Waals surface area contributed by atoms with E-state index < -0.39 is 0 Å². The zero-order chi connectivity index (χ0) is 6.41. The van der Waals surface area contributed by atoms with Crippen LogP contribution in [0.25, 0.3) is 0 Å². The minimum absolute atomic E-state index is 0.307. The number of hydrogen-bond acceptors (Lipinski definition) is 3. The molecule has 0 aromatic rings. The Morgan fingerprint density at radius 2 is 2.50 bits per heavy atom. The summed E-state index contributed by atoms with van der Waals surface area (Å²) in [7, 11) is 0. The zero-order valence-electron chi connectivity index (χ0n) is 4.83. The van der Waals surface area contributed by atoms with Crippen molar-refractivity contribution in [2.75, 3.05) is 6.61 Å². The van der Waals surface area contributed by atoms with E-state index in [2.05, 4.69) is 4.74 Å². The van der Waals surface area contributed by atoms with Gasteiger partial charge in [0.05, 0.1) is 12.7 Å². The fourth-order valence-corrected chi connectivity index (χ4v) is 0.287. The highest BCUT2D eigenvalue weighted by atomic mass is 16.5. The van der Waals surface area contributed by atoms with Gasteiger partial charge in [0.25, 0.3) is 6.47 Å². The van der Waals surface area contributed by atoms with Gasteiger partial charge in [-0.1, -0.05) is 0 Å². The highest BCUT2D eigenvalue weighted by molar-refractivity contribution is 5.36. The maximum atomic E-state index is 9.48. The molecule has 8 heavy (non-hydrogen) atoms. The molecule has 0 fully saturated rings. The van der Waals surface area contributed by atoms with Gasteiger partial charge in [0.2, 0.25) is 0 Å². The second-order valence-corrected chi connectivity index (χ2v) is 1.60. The fourth-order valence-electron chi connectivity index (χ4n) is 0.287. The fraction of sp³-hybridized carbons (Fsp3) is 0.800. The van der Waals surface area contributed by atoms with Crippen molar-refractivity contribution in [3.05, 3.63) is 0 Å². The molecule has 0 aliphatic rings. The van der Waals surface area contributed by atoms with Crippen molar-refractivity contribution in [1.29, 1.82) is 0 Å². The maximum Gasteiger partial charge on any atom is 0.293 e. The molecule has 48 valence electrons. The van der Waals surface area contributed by atoms with Crippen molar-refractivity contribution < 1.29 is 14.6 Å². The van der Waals surface area contributed by atoms with E-state index in [1.54, 1.807) is 6.92 Å². The van der Waals surface area contributed by atoms with E-state index in [1.807, 2.05) is 0 Å². The van der Waals surface area contributed by atoms with Crippen LogP contribution in [0.15, 0.2) is 0 Å². The van der Waals surface area contributed by atoms with Crippen LogP contribution >= 0.6 is 0 Å². The average Bonchev–Trinajstić information content (AvgIpc) is 1.66. The first-order chi connectivity index (χ1) is 3.77. The second kappa shape index (κ2) is 4.59. The molecule has 0 bridgehead atoms. The molecule has 1 N–H and O–H groups in total. The van der Waals surface area contributed by atoms with Crippen LogP contribution in [-0.2, 0) is 9.53 Å². The summed E-state index contributed by atoms with van der Waals surface area (Å²) in [4.78, 5) is 9.48. The summed E-state index contributed by atoms with van der Waals surface area (Å²) in [6.07, 6.45) is 0.133. The van der Waals surface area contributed by atoms with Crippen molar-refractivity contribution in [2.24, 2.45) is 0 Å². The third-order valence-electron chi connectivity index (χ3n) is 0.722. The number of aliphatic hydroxyl groups excluding tert-OH is 1. The Morgan fingerprint density at radius 3 is 2.88 bits per heavy atom. The third-order valence-corrected chi connectivity index (χ3v) is 0.722. The standard InChI is InChI=1S/C5H10O3/c1-5(7)2-3-8-4-6/h4-5,7H,2-3H2,1H3. The normalized spacial score (nSPS) is 12.8. The molecule has 0 aromatic heterocycles. The van der Waals surface area contributed by atoms with Gasteiger partial charge in [-0.2, -0.15) is 0 Å². The molecule has 0 heterocycles. The number of carbonyl (C=O) groups excluding carboxylic acids is 1. The van der Waals surface area contributed by atoms with E-state index in [1.165, 1.54) is 0 Å². The first-order valence-electron chi connectivity index (χ1n) is 2.50. The van der Waals surface area contributed by atoms with Crippen LogP contribution < -0.4 is 0 Å². The lowest BCUT2D eigenvalue weighted by Gasteiger charge is -1.99. The topological polar surface area (TPSA) is 46.5 Å². The van der Waals surface area contributed by atoms with Crippen LogP contribution in [0.2, 0.25) is 0 Å². The predicted octanol–water partition coefficient (Wildman–Crippen LogP) is -0.0697. The monoisotopic (exact) mass is 118 g/mol. The summed E-state index contributed by atoms with van der Waals surface area (Å²) >= 11 is 0. The molecule has 0 aromatic carbocycles. The first-order valence-corrected chi connectivity index (χ1v) is 2.50. The van der Waals surface area contributed by atoms with E-state index in [4.69, 9.17) is 5.11 Å².